The molecular weight excluding hydrogens is 296 g/mol. The molecule has 0 bridgehead atoms. The first-order chi connectivity index (χ1) is 10.7. The van der Waals surface area contributed by atoms with Gasteiger partial charge in [0.2, 0.25) is 11.8 Å². The van der Waals surface area contributed by atoms with Gasteiger partial charge in [0, 0.05) is 15.7 Å². The van der Waals surface area contributed by atoms with E-state index >= 15 is 0 Å². The summed E-state index contributed by atoms with van der Waals surface area (Å²) in [5, 5.41) is 3.04. The summed E-state index contributed by atoms with van der Waals surface area (Å²) in [6, 6.07) is 0. The van der Waals surface area contributed by atoms with Crippen LogP contribution >= 0.6 is 11.3 Å². The third-order valence-corrected chi connectivity index (χ3v) is 6.18. The fraction of sp³-hybridized carbons (Fsp3) is 0.647. The molecule has 1 aromatic heterocycles. The zero-order valence-corrected chi connectivity index (χ0v) is 13.8. The molecule has 3 N–H and O–H groups in total. The Morgan fingerprint density at radius 1 is 1.09 bits per heavy atom. The summed E-state index contributed by atoms with van der Waals surface area (Å²) in [4.78, 5) is 26.3. The van der Waals surface area contributed by atoms with Crippen molar-refractivity contribution in [2.24, 2.45) is 11.7 Å². The van der Waals surface area contributed by atoms with Crippen molar-refractivity contribution < 1.29 is 9.59 Å². The zero-order chi connectivity index (χ0) is 15.5. The quantitative estimate of drug-likeness (QED) is 0.895. The Balaban J connectivity index is 1.70. The number of nitrogens with two attached hydrogens (primary N) is 1. The molecule has 0 unspecified atom stereocenters. The first kappa shape index (κ1) is 15.5. The molecule has 1 heterocycles. The molecule has 2 aliphatic carbocycles. The van der Waals surface area contributed by atoms with E-state index in [0.29, 0.717) is 12.1 Å². The highest BCUT2D eigenvalue weighted by Crippen LogP contribution is 2.34. The van der Waals surface area contributed by atoms with Crippen molar-refractivity contribution in [1.29, 1.82) is 0 Å². The molecule has 0 aromatic carbocycles. The number of hydrogen-bond acceptors (Lipinski definition) is 3. The van der Waals surface area contributed by atoms with Gasteiger partial charge in [0.1, 0.15) is 0 Å². The monoisotopic (exact) mass is 320 g/mol. The summed E-state index contributed by atoms with van der Waals surface area (Å²) < 4.78 is 0. The number of carbonyl (C=O) groups is 2. The molecule has 5 heteroatoms. The van der Waals surface area contributed by atoms with Gasteiger partial charge in [0.15, 0.2) is 0 Å². The lowest BCUT2D eigenvalue weighted by atomic mass is 9.88. The topological polar surface area (TPSA) is 72.2 Å². The molecule has 0 saturated heterocycles. The minimum absolute atomic E-state index is 0.140. The van der Waals surface area contributed by atoms with Crippen LogP contribution in [0.15, 0.2) is 0 Å². The summed E-state index contributed by atoms with van der Waals surface area (Å²) >= 11 is 1.66. The largest absolute Gasteiger partial charge is 0.366 e. The van der Waals surface area contributed by atoms with Crippen molar-refractivity contribution in [3.8, 4) is 0 Å². The number of hydrogen-bond donors (Lipinski definition) is 2. The summed E-state index contributed by atoms with van der Waals surface area (Å²) in [6.07, 6.45) is 9.82. The molecule has 2 amide bonds. The second kappa shape index (κ2) is 6.82. The maximum Gasteiger partial charge on any atom is 0.250 e. The van der Waals surface area contributed by atoms with E-state index in [1.165, 1.54) is 17.7 Å². The molecule has 0 radical (unpaired) electrons. The number of fused-ring (bicyclic) bond motifs is 1. The van der Waals surface area contributed by atoms with Crippen LogP contribution in [0.4, 0.5) is 0 Å². The van der Waals surface area contributed by atoms with Gasteiger partial charge < -0.3 is 11.1 Å². The number of primary amides is 1. The van der Waals surface area contributed by atoms with Gasteiger partial charge in [-0.25, -0.2) is 0 Å². The average molecular weight is 320 g/mol. The molecule has 4 nitrogen and oxygen atoms in total. The highest BCUT2D eigenvalue weighted by molar-refractivity contribution is 7.12. The SMILES string of the molecule is NC(=O)c1c(CNC(=O)C2CCCCC2)sc2c1CCCC2. The standard InChI is InChI=1S/C17H24N2O2S/c18-16(20)15-12-8-4-5-9-13(12)22-14(15)10-19-17(21)11-6-2-1-3-7-11/h11H,1-10H2,(H2,18,20)(H,19,21). The van der Waals surface area contributed by atoms with E-state index in [2.05, 4.69) is 5.32 Å². The van der Waals surface area contributed by atoms with Crippen molar-refractivity contribution >= 4 is 23.2 Å². The fourth-order valence-electron chi connectivity index (χ4n) is 3.71. The van der Waals surface area contributed by atoms with Gasteiger partial charge in [-0.1, -0.05) is 19.3 Å². The maximum absolute atomic E-state index is 12.3. The Morgan fingerprint density at radius 2 is 1.82 bits per heavy atom. The normalized spacial score (nSPS) is 18.7. The molecule has 1 aromatic rings. The van der Waals surface area contributed by atoms with Gasteiger partial charge in [0.25, 0.3) is 0 Å². The van der Waals surface area contributed by atoms with Crippen LogP contribution in [0.5, 0.6) is 0 Å². The summed E-state index contributed by atoms with van der Waals surface area (Å²) in [7, 11) is 0. The number of carbonyl (C=O) groups excluding carboxylic acids is 2. The van der Waals surface area contributed by atoms with Crippen LogP contribution in [0.1, 0.15) is 70.6 Å². The van der Waals surface area contributed by atoms with Crippen LogP contribution in [0, 0.1) is 5.92 Å². The van der Waals surface area contributed by atoms with Crippen molar-refractivity contribution in [3.05, 3.63) is 20.9 Å². The van der Waals surface area contributed by atoms with Crippen molar-refractivity contribution in [2.45, 2.75) is 64.3 Å². The smallest absolute Gasteiger partial charge is 0.250 e. The van der Waals surface area contributed by atoms with Crippen LogP contribution in [0.25, 0.3) is 0 Å². The molecule has 120 valence electrons. The summed E-state index contributed by atoms with van der Waals surface area (Å²) in [5.41, 5.74) is 7.42. The summed E-state index contributed by atoms with van der Waals surface area (Å²) in [6.45, 7) is 0.450. The van der Waals surface area contributed by atoms with E-state index in [0.717, 1.165) is 55.4 Å². The van der Waals surface area contributed by atoms with Crippen molar-refractivity contribution in [3.63, 3.8) is 0 Å². The predicted octanol–water partition coefficient (Wildman–Crippen LogP) is 2.92. The van der Waals surface area contributed by atoms with Crippen LogP contribution in [-0.2, 0) is 24.2 Å². The van der Waals surface area contributed by atoms with Gasteiger partial charge in [-0.15, -0.1) is 11.3 Å². The average Bonchev–Trinajstić information content (AvgIpc) is 2.92. The molecule has 2 aliphatic rings. The zero-order valence-electron chi connectivity index (χ0n) is 13.0. The second-order valence-electron chi connectivity index (χ2n) is 6.43. The van der Waals surface area contributed by atoms with E-state index in [1.807, 2.05) is 0 Å². The van der Waals surface area contributed by atoms with Crippen LogP contribution in [0.3, 0.4) is 0 Å². The summed E-state index contributed by atoms with van der Waals surface area (Å²) in [5.74, 6) is -0.0526. The number of nitrogens with one attached hydrogen (secondary N) is 1. The molecule has 0 aliphatic heterocycles. The van der Waals surface area contributed by atoms with Gasteiger partial charge in [-0.2, -0.15) is 0 Å². The van der Waals surface area contributed by atoms with Crippen LogP contribution in [0.2, 0.25) is 0 Å². The third kappa shape index (κ3) is 3.19. The lowest BCUT2D eigenvalue weighted by Crippen LogP contribution is -2.31. The van der Waals surface area contributed by atoms with Crippen molar-refractivity contribution in [1.82, 2.24) is 5.32 Å². The van der Waals surface area contributed by atoms with Crippen LogP contribution < -0.4 is 11.1 Å². The Hall–Kier alpha value is -1.36. The number of thiophene rings is 1. The van der Waals surface area contributed by atoms with Crippen LogP contribution in [-0.4, -0.2) is 11.8 Å². The molecule has 1 fully saturated rings. The van der Waals surface area contributed by atoms with Gasteiger partial charge >= 0.3 is 0 Å². The third-order valence-electron chi connectivity index (χ3n) is 4.89. The van der Waals surface area contributed by atoms with E-state index in [1.54, 1.807) is 11.3 Å². The number of amides is 2. The fourth-order valence-corrected chi connectivity index (χ4v) is 5.05. The lowest BCUT2D eigenvalue weighted by Gasteiger charge is -2.20. The van der Waals surface area contributed by atoms with Crippen molar-refractivity contribution in [2.75, 3.05) is 0 Å². The molecule has 0 spiro atoms. The Bertz CT molecular complexity index is 573. The molecular formula is C17H24N2O2S. The van der Waals surface area contributed by atoms with E-state index in [4.69, 9.17) is 5.73 Å². The van der Waals surface area contributed by atoms with Gasteiger partial charge in [0.05, 0.1) is 12.1 Å². The first-order valence-electron chi connectivity index (χ1n) is 8.37. The molecule has 3 rings (SSSR count). The predicted molar refractivity (Wildman–Crippen MR) is 87.9 cm³/mol. The Morgan fingerprint density at radius 3 is 2.55 bits per heavy atom. The van der Waals surface area contributed by atoms with Gasteiger partial charge in [-0.3, -0.25) is 9.59 Å². The number of rotatable bonds is 4. The van der Waals surface area contributed by atoms with E-state index in [9.17, 15) is 9.59 Å². The minimum atomic E-state index is -0.346. The van der Waals surface area contributed by atoms with E-state index < -0.39 is 0 Å². The minimum Gasteiger partial charge on any atom is -0.366 e. The van der Waals surface area contributed by atoms with E-state index in [-0.39, 0.29) is 17.7 Å². The number of aryl methyl sites for hydroxylation is 1. The highest BCUT2D eigenvalue weighted by Gasteiger charge is 2.25. The molecule has 1 saturated carbocycles. The maximum atomic E-state index is 12.3. The molecule has 22 heavy (non-hydrogen) atoms. The molecule has 0 atom stereocenters. The Kier molecular flexibility index (Phi) is 4.81. The van der Waals surface area contributed by atoms with Gasteiger partial charge in [-0.05, 0) is 44.1 Å². The Labute approximate surface area is 135 Å². The second-order valence-corrected chi connectivity index (χ2v) is 7.62. The first-order valence-corrected chi connectivity index (χ1v) is 9.19. The highest BCUT2D eigenvalue weighted by atomic mass is 32.1. The lowest BCUT2D eigenvalue weighted by molar-refractivity contribution is -0.126.